The summed E-state index contributed by atoms with van der Waals surface area (Å²) in [5, 5.41) is 12.3. The molecule has 0 aromatic heterocycles. The molecule has 21 heavy (non-hydrogen) atoms. The van der Waals surface area contributed by atoms with Crippen LogP contribution < -0.4 is 5.32 Å². The van der Waals surface area contributed by atoms with Crippen molar-refractivity contribution < 1.29 is 9.90 Å². The van der Waals surface area contributed by atoms with E-state index in [4.69, 9.17) is 5.11 Å². The number of aliphatic hydroxyl groups is 1. The number of benzene rings is 1. The van der Waals surface area contributed by atoms with Gasteiger partial charge in [-0.1, -0.05) is 24.3 Å². The standard InChI is InChI=1S/C16H23N3O2/c20-10-9-18-5-7-19(8-6-18)16(21)15-12-17-11-13-3-1-2-4-14(13)15/h1-4,15,17,20H,5-12H2. The molecule has 2 aliphatic heterocycles. The molecule has 3 rings (SSSR count). The normalized spacial score (nSPS) is 22.9. The number of amides is 1. The third-order valence-corrected chi connectivity index (χ3v) is 4.49. The van der Waals surface area contributed by atoms with E-state index in [1.807, 2.05) is 17.0 Å². The number of rotatable bonds is 3. The average molecular weight is 289 g/mol. The molecule has 1 saturated heterocycles. The summed E-state index contributed by atoms with van der Waals surface area (Å²) < 4.78 is 0. The number of hydrogen-bond acceptors (Lipinski definition) is 4. The molecule has 1 unspecified atom stereocenters. The minimum atomic E-state index is -0.0562. The minimum Gasteiger partial charge on any atom is -0.395 e. The van der Waals surface area contributed by atoms with Crippen molar-refractivity contribution in [1.29, 1.82) is 0 Å². The van der Waals surface area contributed by atoms with Crippen molar-refractivity contribution in [2.75, 3.05) is 45.9 Å². The SMILES string of the molecule is O=C(C1CNCc2ccccc21)N1CCN(CCO)CC1. The highest BCUT2D eigenvalue weighted by Crippen LogP contribution is 2.26. The molecule has 5 heteroatoms. The van der Waals surface area contributed by atoms with E-state index < -0.39 is 0 Å². The fourth-order valence-corrected chi connectivity index (χ4v) is 3.27. The van der Waals surface area contributed by atoms with E-state index in [0.29, 0.717) is 6.54 Å². The van der Waals surface area contributed by atoms with Gasteiger partial charge in [-0.3, -0.25) is 9.69 Å². The molecule has 1 atom stereocenters. The van der Waals surface area contributed by atoms with Gasteiger partial charge in [0, 0.05) is 45.8 Å². The van der Waals surface area contributed by atoms with Crippen molar-refractivity contribution in [1.82, 2.24) is 15.1 Å². The van der Waals surface area contributed by atoms with Crippen LogP contribution in [0.2, 0.25) is 0 Å². The molecule has 2 heterocycles. The van der Waals surface area contributed by atoms with E-state index in [-0.39, 0.29) is 18.4 Å². The van der Waals surface area contributed by atoms with Crippen molar-refractivity contribution in [3.8, 4) is 0 Å². The summed E-state index contributed by atoms with van der Waals surface area (Å²) in [5.41, 5.74) is 2.42. The van der Waals surface area contributed by atoms with Crippen molar-refractivity contribution in [3.05, 3.63) is 35.4 Å². The Bertz CT molecular complexity index is 498. The van der Waals surface area contributed by atoms with Gasteiger partial charge in [-0.15, -0.1) is 0 Å². The van der Waals surface area contributed by atoms with Crippen molar-refractivity contribution in [3.63, 3.8) is 0 Å². The van der Waals surface area contributed by atoms with Crippen LogP contribution in [0.15, 0.2) is 24.3 Å². The van der Waals surface area contributed by atoms with Crippen LogP contribution in [0, 0.1) is 0 Å². The van der Waals surface area contributed by atoms with Crippen LogP contribution in [-0.4, -0.2) is 66.7 Å². The van der Waals surface area contributed by atoms with E-state index in [9.17, 15) is 4.79 Å². The second-order valence-corrected chi connectivity index (χ2v) is 5.77. The molecule has 114 valence electrons. The first-order chi connectivity index (χ1) is 10.3. The van der Waals surface area contributed by atoms with E-state index in [2.05, 4.69) is 22.3 Å². The Morgan fingerprint density at radius 2 is 2.00 bits per heavy atom. The van der Waals surface area contributed by atoms with Gasteiger partial charge in [0.1, 0.15) is 0 Å². The van der Waals surface area contributed by atoms with Gasteiger partial charge in [-0.2, -0.15) is 0 Å². The maximum atomic E-state index is 12.8. The third kappa shape index (κ3) is 3.10. The number of nitrogens with one attached hydrogen (secondary N) is 1. The minimum absolute atomic E-state index is 0.0562. The Hall–Kier alpha value is -1.43. The smallest absolute Gasteiger partial charge is 0.231 e. The molecule has 2 N–H and O–H groups in total. The zero-order valence-corrected chi connectivity index (χ0v) is 12.3. The molecular formula is C16H23N3O2. The number of aliphatic hydroxyl groups excluding tert-OH is 1. The molecule has 5 nitrogen and oxygen atoms in total. The van der Waals surface area contributed by atoms with Crippen molar-refractivity contribution in [2.24, 2.45) is 0 Å². The maximum Gasteiger partial charge on any atom is 0.231 e. The van der Waals surface area contributed by atoms with Crippen molar-refractivity contribution >= 4 is 5.91 Å². The Balaban J connectivity index is 1.67. The van der Waals surface area contributed by atoms with Crippen LogP contribution in [0.4, 0.5) is 0 Å². The maximum absolute atomic E-state index is 12.8. The largest absolute Gasteiger partial charge is 0.395 e. The summed E-state index contributed by atoms with van der Waals surface area (Å²) in [6.07, 6.45) is 0. The molecular weight excluding hydrogens is 266 g/mol. The first-order valence-corrected chi connectivity index (χ1v) is 7.70. The topological polar surface area (TPSA) is 55.8 Å². The molecule has 1 aromatic rings. The first-order valence-electron chi connectivity index (χ1n) is 7.70. The molecule has 0 saturated carbocycles. The van der Waals surface area contributed by atoms with Crippen LogP contribution in [0.5, 0.6) is 0 Å². The van der Waals surface area contributed by atoms with Gasteiger partial charge in [0.15, 0.2) is 0 Å². The third-order valence-electron chi connectivity index (χ3n) is 4.49. The number of carbonyl (C=O) groups excluding carboxylic acids is 1. The molecule has 1 aromatic carbocycles. The van der Waals surface area contributed by atoms with Crippen molar-refractivity contribution in [2.45, 2.75) is 12.5 Å². The molecule has 2 aliphatic rings. The number of nitrogens with zero attached hydrogens (tertiary/aromatic N) is 2. The Kier molecular flexibility index (Phi) is 4.53. The van der Waals surface area contributed by atoms with E-state index in [1.165, 1.54) is 11.1 Å². The predicted molar refractivity (Wildman–Crippen MR) is 81.0 cm³/mol. The zero-order valence-electron chi connectivity index (χ0n) is 12.3. The number of fused-ring (bicyclic) bond motifs is 1. The lowest BCUT2D eigenvalue weighted by Crippen LogP contribution is -2.51. The van der Waals surface area contributed by atoms with Gasteiger partial charge >= 0.3 is 0 Å². The average Bonchev–Trinajstić information content (AvgIpc) is 2.55. The lowest BCUT2D eigenvalue weighted by molar-refractivity contribution is -0.134. The number of hydrogen-bond donors (Lipinski definition) is 2. The fourth-order valence-electron chi connectivity index (χ4n) is 3.27. The monoisotopic (exact) mass is 289 g/mol. The lowest BCUT2D eigenvalue weighted by Gasteiger charge is -2.37. The zero-order chi connectivity index (χ0) is 14.7. The van der Waals surface area contributed by atoms with Gasteiger partial charge in [0.25, 0.3) is 0 Å². The van der Waals surface area contributed by atoms with E-state index in [1.54, 1.807) is 0 Å². The molecule has 1 fully saturated rings. The van der Waals surface area contributed by atoms with E-state index in [0.717, 1.165) is 39.3 Å². The van der Waals surface area contributed by atoms with Crippen LogP contribution in [0.3, 0.4) is 0 Å². The summed E-state index contributed by atoms with van der Waals surface area (Å²) in [7, 11) is 0. The molecule has 0 radical (unpaired) electrons. The van der Waals surface area contributed by atoms with Gasteiger partial charge in [0.2, 0.25) is 5.91 Å². The highest BCUT2D eigenvalue weighted by molar-refractivity contribution is 5.85. The molecule has 0 aliphatic carbocycles. The van der Waals surface area contributed by atoms with Crippen LogP contribution in [-0.2, 0) is 11.3 Å². The molecule has 0 spiro atoms. The summed E-state index contributed by atoms with van der Waals surface area (Å²) in [6, 6.07) is 8.23. The van der Waals surface area contributed by atoms with Crippen LogP contribution >= 0.6 is 0 Å². The number of β-amino-alcohol motifs (C(OH)–C–C–N with tert-alkyl or cyclic N) is 1. The molecule has 0 bridgehead atoms. The number of carbonyl (C=O) groups is 1. The molecule has 1 amide bonds. The Labute approximate surface area is 125 Å². The lowest BCUT2D eigenvalue weighted by atomic mass is 9.89. The summed E-state index contributed by atoms with van der Waals surface area (Å²) in [6.45, 7) is 5.71. The summed E-state index contributed by atoms with van der Waals surface area (Å²) in [4.78, 5) is 17.0. The second-order valence-electron chi connectivity index (χ2n) is 5.77. The van der Waals surface area contributed by atoms with Gasteiger partial charge in [-0.05, 0) is 11.1 Å². The van der Waals surface area contributed by atoms with Gasteiger partial charge in [0.05, 0.1) is 12.5 Å². The quantitative estimate of drug-likeness (QED) is 0.823. The Morgan fingerprint density at radius 3 is 2.76 bits per heavy atom. The highest BCUT2D eigenvalue weighted by Gasteiger charge is 2.31. The van der Waals surface area contributed by atoms with E-state index >= 15 is 0 Å². The summed E-state index contributed by atoms with van der Waals surface area (Å²) in [5.74, 6) is 0.178. The first kappa shape index (κ1) is 14.5. The van der Waals surface area contributed by atoms with Crippen LogP contribution in [0.25, 0.3) is 0 Å². The van der Waals surface area contributed by atoms with Crippen LogP contribution in [0.1, 0.15) is 17.0 Å². The van der Waals surface area contributed by atoms with Gasteiger partial charge < -0.3 is 15.3 Å². The fraction of sp³-hybridized carbons (Fsp3) is 0.562. The summed E-state index contributed by atoms with van der Waals surface area (Å²) >= 11 is 0. The number of piperazine rings is 1. The van der Waals surface area contributed by atoms with Gasteiger partial charge in [-0.25, -0.2) is 0 Å². The Morgan fingerprint density at radius 1 is 1.24 bits per heavy atom. The highest BCUT2D eigenvalue weighted by atomic mass is 16.3. The second kappa shape index (κ2) is 6.56. The predicted octanol–water partition coefficient (Wildman–Crippen LogP) is 0.00990.